The summed E-state index contributed by atoms with van der Waals surface area (Å²) in [5, 5.41) is 12.2. The van der Waals surface area contributed by atoms with Gasteiger partial charge in [0.25, 0.3) is 0 Å². The zero-order valence-corrected chi connectivity index (χ0v) is 11.5. The van der Waals surface area contributed by atoms with Crippen LogP contribution >= 0.6 is 0 Å². The van der Waals surface area contributed by atoms with Crippen LogP contribution in [0.15, 0.2) is 0 Å². The Hall–Kier alpha value is -0.610. The van der Waals surface area contributed by atoms with E-state index >= 15 is 0 Å². The number of aliphatic hydroxyl groups excluding tert-OH is 1. The van der Waals surface area contributed by atoms with E-state index in [9.17, 15) is 9.90 Å². The van der Waals surface area contributed by atoms with Crippen LogP contribution < -0.4 is 11.1 Å². The van der Waals surface area contributed by atoms with Crippen molar-refractivity contribution < 1.29 is 9.90 Å². The fraction of sp³-hybridized carbons (Fsp3) is 0.923. The average molecular weight is 244 g/mol. The molecule has 4 N–H and O–H groups in total. The molecule has 0 saturated carbocycles. The maximum absolute atomic E-state index is 11.7. The molecule has 0 heterocycles. The summed E-state index contributed by atoms with van der Waals surface area (Å²) >= 11 is 0. The molecule has 0 saturated heterocycles. The summed E-state index contributed by atoms with van der Waals surface area (Å²) in [4.78, 5) is 11.7. The maximum atomic E-state index is 11.7. The molecule has 0 bridgehead atoms. The van der Waals surface area contributed by atoms with E-state index in [0.29, 0.717) is 6.54 Å². The minimum Gasteiger partial charge on any atom is -0.396 e. The molecule has 0 fully saturated rings. The van der Waals surface area contributed by atoms with Crippen LogP contribution in [0.1, 0.15) is 52.9 Å². The van der Waals surface area contributed by atoms with Crippen LogP contribution in [-0.4, -0.2) is 30.2 Å². The van der Waals surface area contributed by atoms with Gasteiger partial charge in [-0.05, 0) is 19.3 Å². The Bertz CT molecular complexity index is 207. The molecular weight excluding hydrogens is 216 g/mol. The first-order valence-corrected chi connectivity index (χ1v) is 6.69. The topological polar surface area (TPSA) is 75.4 Å². The molecular formula is C13H28N2O2. The van der Waals surface area contributed by atoms with Gasteiger partial charge < -0.3 is 16.2 Å². The Labute approximate surface area is 105 Å². The molecule has 4 heteroatoms. The number of nitrogens with one attached hydrogen (secondary N) is 1. The lowest BCUT2D eigenvalue weighted by molar-refractivity contribution is -0.123. The van der Waals surface area contributed by atoms with E-state index in [2.05, 4.69) is 12.2 Å². The van der Waals surface area contributed by atoms with E-state index in [-0.39, 0.29) is 17.9 Å². The predicted molar refractivity (Wildman–Crippen MR) is 70.6 cm³/mol. The number of amides is 1. The van der Waals surface area contributed by atoms with Gasteiger partial charge in [-0.15, -0.1) is 0 Å². The van der Waals surface area contributed by atoms with Crippen molar-refractivity contribution in [2.24, 2.45) is 11.1 Å². The highest BCUT2D eigenvalue weighted by Crippen LogP contribution is 2.24. The Morgan fingerprint density at radius 2 is 1.94 bits per heavy atom. The smallest absolute Gasteiger partial charge is 0.236 e. The summed E-state index contributed by atoms with van der Waals surface area (Å²) < 4.78 is 0. The van der Waals surface area contributed by atoms with E-state index < -0.39 is 6.04 Å². The van der Waals surface area contributed by atoms with E-state index in [1.807, 2.05) is 13.8 Å². The highest BCUT2D eigenvalue weighted by molar-refractivity contribution is 5.81. The average Bonchev–Trinajstić information content (AvgIpc) is 2.37. The van der Waals surface area contributed by atoms with Crippen LogP contribution in [0.4, 0.5) is 0 Å². The molecule has 0 aliphatic rings. The minimum atomic E-state index is -0.417. The lowest BCUT2D eigenvalue weighted by atomic mass is 9.83. The van der Waals surface area contributed by atoms with Gasteiger partial charge >= 0.3 is 0 Å². The number of unbranched alkanes of at least 4 members (excludes halogenated alkanes) is 1. The van der Waals surface area contributed by atoms with E-state index in [1.165, 1.54) is 0 Å². The molecule has 0 aromatic rings. The summed E-state index contributed by atoms with van der Waals surface area (Å²) in [5.74, 6) is -0.0989. The summed E-state index contributed by atoms with van der Waals surface area (Å²) in [6.45, 7) is 6.75. The van der Waals surface area contributed by atoms with Crippen LogP contribution in [0.3, 0.4) is 0 Å². The Morgan fingerprint density at radius 1 is 1.35 bits per heavy atom. The summed E-state index contributed by atoms with van der Waals surface area (Å²) in [6.07, 6.45) is 4.45. The highest BCUT2D eigenvalue weighted by Gasteiger charge is 2.26. The molecule has 0 rings (SSSR count). The van der Waals surface area contributed by atoms with Gasteiger partial charge in [-0.3, -0.25) is 4.79 Å². The van der Waals surface area contributed by atoms with E-state index in [4.69, 9.17) is 5.73 Å². The van der Waals surface area contributed by atoms with Crippen LogP contribution in [-0.2, 0) is 4.79 Å². The third-order valence-electron chi connectivity index (χ3n) is 3.68. The standard InChI is InChI=1S/C13H28N2O2/c1-4-7-8-11(14)12(17)15-9-13(5-2,6-3)10-16/h11,16H,4-10,14H2,1-3H3,(H,15,17). The van der Waals surface area contributed by atoms with Crippen molar-refractivity contribution in [3.63, 3.8) is 0 Å². The van der Waals surface area contributed by atoms with Gasteiger partial charge in [-0.2, -0.15) is 0 Å². The Balaban J connectivity index is 4.12. The van der Waals surface area contributed by atoms with E-state index in [0.717, 1.165) is 32.1 Å². The molecule has 102 valence electrons. The first kappa shape index (κ1) is 16.4. The van der Waals surface area contributed by atoms with E-state index in [1.54, 1.807) is 0 Å². The number of rotatable bonds is 9. The fourth-order valence-corrected chi connectivity index (χ4v) is 1.74. The number of hydrogen-bond donors (Lipinski definition) is 3. The molecule has 0 aromatic heterocycles. The van der Waals surface area contributed by atoms with Crippen LogP contribution in [0.5, 0.6) is 0 Å². The lowest BCUT2D eigenvalue weighted by Crippen LogP contribution is -2.46. The Kier molecular flexibility index (Phi) is 8.17. The van der Waals surface area contributed by atoms with Crippen LogP contribution in [0, 0.1) is 5.41 Å². The molecule has 0 spiro atoms. The SMILES string of the molecule is CCCCC(N)C(=O)NCC(CC)(CC)CO. The molecule has 1 amide bonds. The van der Waals surface area contributed by atoms with Crippen LogP contribution in [0.2, 0.25) is 0 Å². The molecule has 4 nitrogen and oxygen atoms in total. The number of carbonyl (C=O) groups excluding carboxylic acids is 1. The second-order valence-corrected chi connectivity index (χ2v) is 4.83. The van der Waals surface area contributed by atoms with Crippen molar-refractivity contribution in [2.45, 2.75) is 58.9 Å². The molecule has 1 unspecified atom stereocenters. The van der Waals surface area contributed by atoms with Gasteiger partial charge in [0, 0.05) is 12.0 Å². The van der Waals surface area contributed by atoms with Crippen molar-refractivity contribution >= 4 is 5.91 Å². The largest absolute Gasteiger partial charge is 0.396 e. The van der Waals surface area contributed by atoms with Crippen molar-refractivity contribution in [3.8, 4) is 0 Å². The zero-order chi connectivity index (χ0) is 13.3. The molecule has 17 heavy (non-hydrogen) atoms. The summed E-state index contributed by atoms with van der Waals surface area (Å²) in [5.41, 5.74) is 5.59. The molecule has 0 aromatic carbocycles. The van der Waals surface area contributed by atoms with Gasteiger partial charge in [0.05, 0.1) is 12.6 Å². The number of aliphatic hydroxyl groups is 1. The maximum Gasteiger partial charge on any atom is 0.236 e. The van der Waals surface area contributed by atoms with Gasteiger partial charge in [0.15, 0.2) is 0 Å². The first-order chi connectivity index (χ1) is 8.05. The molecule has 0 aliphatic heterocycles. The predicted octanol–water partition coefficient (Wildman–Crippen LogP) is 1.42. The molecule has 0 radical (unpaired) electrons. The number of nitrogens with two attached hydrogens (primary N) is 1. The molecule has 0 aliphatic carbocycles. The highest BCUT2D eigenvalue weighted by atomic mass is 16.3. The second kappa shape index (κ2) is 8.48. The zero-order valence-electron chi connectivity index (χ0n) is 11.5. The third kappa shape index (κ3) is 5.50. The van der Waals surface area contributed by atoms with Crippen LogP contribution in [0.25, 0.3) is 0 Å². The van der Waals surface area contributed by atoms with Gasteiger partial charge in [0.1, 0.15) is 0 Å². The summed E-state index contributed by atoms with van der Waals surface area (Å²) in [7, 11) is 0. The number of hydrogen-bond acceptors (Lipinski definition) is 3. The van der Waals surface area contributed by atoms with Crippen molar-refractivity contribution in [1.29, 1.82) is 0 Å². The van der Waals surface area contributed by atoms with Gasteiger partial charge in [-0.25, -0.2) is 0 Å². The molecule has 1 atom stereocenters. The normalized spacial score (nSPS) is 13.5. The lowest BCUT2D eigenvalue weighted by Gasteiger charge is -2.30. The van der Waals surface area contributed by atoms with Crippen molar-refractivity contribution in [1.82, 2.24) is 5.32 Å². The van der Waals surface area contributed by atoms with Crippen molar-refractivity contribution in [2.75, 3.05) is 13.2 Å². The second-order valence-electron chi connectivity index (χ2n) is 4.83. The first-order valence-electron chi connectivity index (χ1n) is 6.69. The monoisotopic (exact) mass is 244 g/mol. The fourth-order valence-electron chi connectivity index (χ4n) is 1.74. The number of carbonyl (C=O) groups is 1. The summed E-state index contributed by atoms with van der Waals surface area (Å²) in [6, 6.07) is -0.417. The third-order valence-corrected chi connectivity index (χ3v) is 3.68. The van der Waals surface area contributed by atoms with Crippen molar-refractivity contribution in [3.05, 3.63) is 0 Å². The van der Waals surface area contributed by atoms with Gasteiger partial charge in [0.2, 0.25) is 5.91 Å². The Morgan fingerprint density at radius 3 is 2.35 bits per heavy atom. The van der Waals surface area contributed by atoms with Gasteiger partial charge in [-0.1, -0.05) is 33.6 Å². The minimum absolute atomic E-state index is 0.0989. The quantitative estimate of drug-likeness (QED) is 0.574.